The second kappa shape index (κ2) is 13.2. The summed E-state index contributed by atoms with van der Waals surface area (Å²) in [7, 11) is 1.38. The van der Waals surface area contributed by atoms with Crippen molar-refractivity contribution in [2.45, 2.75) is 71.1 Å². The van der Waals surface area contributed by atoms with Gasteiger partial charge in [-0.15, -0.1) is 0 Å². The van der Waals surface area contributed by atoms with Gasteiger partial charge in [0.15, 0.2) is 11.6 Å². The minimum absolute atomic E-state index is 0.0866. The summed E-state index contributed by atoms with van der Waals surface area (Å²) < 4.78 is 29.9. The summed E-state index contributed by atoms with van der Waals surface area (Å²) in [4.78, 5) is 12.3. The third kappa shape index (κ3) is 7.76. The molecule has 0 saturated heterocycles. The summed E-state index contributed by atoms with van der Waals surface area (Å²) >= 11 is 0. The molecule has 0 aliphatic heterocycles. The smallest absolute Gasteiger partial charge is 0.343 e. The highest BCUT2D eigenvalue weighted by Crippen LogP contribution is 2.36. The molecule has 3 rings (SSSR count). The number of benzene rings is 2. The van der Waals surface area contributed by atoms with Crippen molar-refractivity contribution in [3.8, 4) is 17.2 Å². The lowest BCUT2D eigenvalue weighted by Crippen LogP contribution is -2.20. The molecule has 2 unspecified atom stereocenters. The normalized spacial score (nSPS) is 18.0. The van der Waals surface area contributed by atoms with Crippen molar-refractivity contribution in [3.05, 3.63) is 53.8 Å². The molecule has 0 amide bonds. The summed E-state index contributed by atoms with van der Waals surface area (Å²) in [6, 6.07) is 11.0. The Balaban J connectivity index is 1.41. The fourth-order valence-corrected chi connectivity index (χ4v) is 4.80. The zero-order valence-corrected chi connectivity index (χ0v) is 20.0. The van der Waals surface area contributed by atoms with Crippen LogP contribution in [0.25, 0.3) is 0 Å². The standard InChI is InChI=1S/C28H37FO4/c1-3-4-5-9-21-10-6-7-11-22(21)12-8-19-32-24-14-16-25(17-15-24)33-28(30)23-13-18-27(31-2)26(29)20-23/h13-18,20-22H,3-12,19H2,1-2H3. The quantitative estimate of drug-likeness (QED) is 0.187. The Hall–Kier alpha value is -2.56. The zero-order chi connectivity index (χ0) is 23.5. The van der Waals surface area contributed by atoms with Crippen molar-refractivity contribution in [2.75, 3.05) is 13.7 Å². The fourth-order valence-electron chi connectivity index (χ4n) is 4.80. The van der Waals surface area contributed by atoms with Crippen LogP contribution in [0.5, 0.6) is 17.2 Å². The molecular formula is C28H37FO4. The van der Waals surface area contributed by atoms with Crippen LogP contribution in [0.1, 0.15) is 81.5 Å². The zero-order valence-electron chi connectivity index (χ0n) is 20.0. The topological polar surface area (TPSA) is 44.8 Å². The Kier molecular flexibility index (Phi) is 10.0. The molecular weight excluding hydrogens is 419 g/mol. The van der Waals surface area contributed by atoms with Crippen LogP contribution in [0.15, 0.2) is 42.5 Å². The molecule has 1 aliphatic carbocycles. The molecule has 2 atom stereocenters. The van der Waals surface area contributed by atoms with Crippen LogP contribution >= 0.6 is 0 Å². The summed E-state index contributed by atoms with van der Waals surface area (Å²) in [5.41, 5.74) is 0.129. The average Bonchev–Trinajstić information content (AvgIpc) is 2.83. The van der Waals surface area contributed by atoms with Gasteiger partial charge in [-0.25, -0.2) is 9.18 Å². The molecule has 33 heavy (non-hydrogen) atoms. The number of esters is 1. The van der Waals surface area contributed by atoms with E-state index in [1.54, 1.807) is 24.3 Å². The van der Waals surface area contributed by atoms with Crippen molar-refractivity contribution in [3.63, 3.8) is 0 Å². The van der Waals surface area contributed by atoms with E-state index in [-0.39, 0.29) is 11.3 Å². The van der Waals surface area contributed by atoms with E-state index in [1.165, 1.54) is 77.0 Å². The largest absolute Gasteiger partial charge is 0.494 e. The molecule has 2 aromatic carbocycles. The van der Waals surface area contributed by atoms with Gasteiger partial charge < -0.3 is 14.2 Å². The number of unbranched alkanes of at least 4 members (excludes halogenated alkanes) is 2. The average molecular weight is 457 g/mol. The second-order valence-electron chi connectivity index (χ2n) is 9.00. The number of ether oxygens (including phenoxy) is 3. The molecule has 0 bridgehead atoms. The van der Waals surface area contributed by atoms with Crippen LogP contribution in [-0.4, -0.2) is 19.7 Å². The summed E-state index contributed by atoms with van der Waals surface area (Å²) in [6.07, 6.45) is 13.3. The van der Waals surface area contributed by atoms with Crippen LogP contribution in [0.4, 0.5) is 4.39 Å². The van der Waals surface area contributed by atoms with Crippen molar-refractivity contribution in [1.29, 1.82) is 0 Å². The van der Waals surface area contributed by atoms with Gasteiger partial charge in [0.05, 0.1) is 19.3 Å². The van der Waals surface area contributed by atoms with Crippen molar-refractivity contribution >= 4 is 5.97 Å². The van der Waals surface area contributed by atoms with Gasteiger partial charge in [-0.2, -0.15) is 0 Å². The van der Waals surface area contributed by atoms with Crippen LogP contribution in [0.3, 0.4) is 0 Å². The van der Waals surface area contributed by atoms with Gasteiger partial charge in [0.2, 0.25) is 0 Å². The van der Waals surface area contributed by atoms with Crippen LogP contribution in [0.2, 0.25) is 0 Å². The van der Waals surface area contributed by atoms with Gasteiger partial charge in [0, 0.05) is 0 Å². The number of methoxy groups -OCH3 is 1. The lowest BCUT2D eigenvalue weighted by atomic mass is 9.74. The van der Waals surface area contributed by atoms with Crippen LogP contribution in [0, 0.1) is 17.7 Å². The number of carbonyl (C=O) groups is 1. The molecule has 1 saturated carbocycles. The Morgan fingerprint density at radius 1 is 0.939 bits per heavy atom. The number of hydrogen-bond acceptors (Lipinski definition) is 4. The number of carbonyl (C=O) groups excluding carboxylic acids is 1. The Morgan fingerprint density at radius 2 is 1.61 bits per heavy atom. The highest BCUT2D eigenvalue weighted by molar-refractivity contribution is 5.91. The molecule has 0 heterocycles. The van der Waals surface area contributed by atoms with E-state index in [1.807, 2.05) is 0 Å². The second-order valence-corrected chi connectivity index (χ2v) is 9.00. The van der Waals surface area contributed by atoms with Crippen molar-refractivity contribution in [1.82, 2.24) is 0 Å². The molecule has 5 heteroatoms. The first-order valence-corrected chi connectivity index (χ1v) is 12.4. The van der Waals surface area contributed by atoms with Gasteiger partial charge in [-0.1, -0.05) is 58.3 Å². The molecule has 0 spiro atoms. The Labute approximate surface area is 197 Å². The number of hydrogen-bond donors (Lipinski definition) is 0. The lowest BCUT2D eigenvalue weighted by molar-refractivity contribution is 0.0734. The first-order valence-electron chi connectivity index (χ1n) is 12.4. The van der Waals surface area contributed by atoms with Crippen LogP contribution < -0.4 is 14.2 Å². The summed E-state index contributed by atoms with van der Waals surface area (Å²) in [5, 5.41) is 0. The van der Waals surface area contributed by atoms with E-state index in [0.717, 1.165) is 30.1 Å². The maximum Gasteiger partial charge on any atom is 0.343 e. The number of rotatable bonds is 12. The Morgan fingerprint density at radius 3 is 2.24 bits per heavy atom. The molecule has 1 aliphatic rings. The van der Waals surface area contributed by atoms with Crippen LogP contribution in [-0.2, 0) is 0 Å². The maximum absolute atomic E-state index is 13.8. The highest BCUT2D eigenvalue weighted by Gasteiger charge is 2.24. The van der Waals surface area contributed by atoms with Gasteiger partial charge in [-0.05, 0) is 67.1 Å². The predicted molar refractivity (Wildman–Crippen MR) is 129 cm³/mol. The predicted octanol–water partition coefficient (Wildman–Crippen LogP) is 7.60. The SMILES string of the molecule is CCCCCC1CCCCC1CCCOc1ccc(OC(=O)c2ccc(OC)c(F)c2)cc1. The molecule has 180 valence electrons. The van der Waals surface area contributed by atoms with E-state index >= 15 is 0 Å². The molecule has 0 radical (unpaired) electrons. The monoisotopic (exact) mass is 456 g/mol. The first kappa shape index (κ1) is 25.1. The number of halogens is 1. The van der Waals surface area contributed by atoms with Crippen molar-refractivity contribution in [2.24, 2.45) is 11.8 Å². The minimum atomic E-state index is -0.619. The molecule has 2 aromatic rings. The third-order valence-electron chi connectivity index (χ3n) is 6.65. The maximum atomic E-state index is 13.8. The van der Waals surface area contributed by atoms with Gasteiger partial charge in [-0.3, -0.25) is 0 Å². The molecule has 0 aromatic heterocycles. The van der Waals surface area contributed by atoms with Gasteiger partial charge in [0.25, 0.3) is 0 Å². The van der Waals surface area contributed by atoms with Gasteiger partial charge in [0.1, 0.15) is 11.5 Å². The van der Waals surface area contributed by atoms with E-state index in [4.69, 9.17) is 14.2 Å². The minimum Gasteiger partial charge on any atom is -0.494 e. The lowest BCUT2D eigenvalue weighted by Gasteiger charge is -2.31. The third-order valence-corrected chi connectivity index (χ3v) is 6.65. The van der Waals surface area contributed by atoms with Gasteiger partial charge >= 0.3 is 5.97 Å². The highest BCUT2D eigenvalue weighted by atomic mass is 19.1. The van der Waals surface area contributed by atoms with E-state index in [9.17, 15) is 9.18 Å². The van der Waals surface area contributed by atoms with Crippen molar-refractivity contribution < 1.29 is 23.4 Å². The molecule has 4 nitrogen and oxygen atoms in total. The van der Waals surface area contributed by atoms with E-state index in [2.05, 4.69) is 6.92 Å². The summed E-state index contributed by atoms with van der Waals surface area (Å²) in [5.74, 6) is 1.77. The molecule has 1 fully saturated rings. The van der Waals surface area contributed by atoms with E-state index in [0.29, 0.717) is 12.4 Å². The summed E-state index contributed by atoms with van der Waals surface area (Å²) in [6.45, 7) is 2.97. The fraction of sp³-hybridized carbons (Fsp3) is 0.536. The molecule has 0 N–H and O–H groups in total. The van der Waals surface area contributed by atoms with E-state index < -0.39 is 11.8 Å². The Bertz CT molecular complexity index is 865. The first-order chi connectivity index (χ1) is 16.1.